The van der Waals surface area contributed by atoms with Crippen LogP contribution in [0.15, 0.2) is 48.5 Å². The third-order valence-corrected chi connectivity index (χ3v) is 4.81. The van der Waals surface area contributed by atoms with Crippen molar-refractivity contribution in [3.05, 3.63) is 59.7 Å². The Morgan fingerprint density at radius 2 is 1.63 bits per heavy atom. The van der Waals surface area contributed by atoms with Crippen LogP contribution in [0, 0.1) is 5.92 Å². The summed E-state index contributed by atoms with van der Waals surface area (Å²) in [6, 6.07) is 16.5. The van der Waals surface area contributed by atoms with Crippen LogP contribution in [0.3, 0.4) is 0 Å². The zero-order valence-electron chi connectivity index (χ0n) is 16.1. The minimum absolute atomic E-state index is 0.0545. The van der Waals surface area contributed by atoms with Crippen LogP contribution in [-0.4, -0.2) is 18.4 Å². The van der Waals surface area contributed by atoms with Crippen molar-refractivity contribution < 1.29 is 9.59 Å². The molecule has 27 heavy (non-hydrogen) atoms. The molecule has 0 radical (unpaired) electrons. The van der Waals surface area contributed by atoms with Crippen molar-refractivity contribution in [2.75, 3.05) is 11.9 Å². The van der Waals surface area contributed by atoms with Crippen molar-refractivity contribution in [3.8, 4) is 0 Å². The van der Waals surface area contributed by atoms with E-state index in [2.05, 4.69) is 61.0 Å². The molecule has 1 unspecified atom stereocenters. The first-order valence-electron chi connectivity index (χ1n) is 9.32. The standard InChI is InChI=1S/C22H27N3O2/c1-22(2,3)17-6-10-19(11-7-17)25-18-8-4-15(5-9-18)13-24-21(27)16-12-20(26)23-14-16/h4-11,16,25H,12-14H2,1-3H3,(H,23,26)(H,24,27). The third-order valence-electron chi connectivity index (χ3n) is 4.81. The van der Waals surface area contributed by atoms with Crippen LogP contribution in [0.2, 0.25) is 0 Å². The highest BCUT2D eigenvalue weighted by Gasteiger charge is 2.27. The van der Waals surface area contributed by atoms with Crippen LogP contribution in [-0.2, 0) is 21.5 Å². The van der Waals surface area contributed by atoms with Gasteiger partial charge in [0.15, 0.2) is 0 Å². The van der Waals surface area contributed by atoms with E-state index in [4.69, 9.17) is 0 Å². The molecule has 1 heterocycles. The fourth-order valence-corrected chi connectivity index (χ4v) is 3.05. The number of anilines is 2. The minimum Gasteiger partial charge on any atom is -0.356 e. The number of hydrogen-bond donors (Lipinski definition) is 3. The lowest BCUT2D eigenvalue weighted by Crippen LogP contribution is -2.31. The van der Waals surface area contributed by atoms with E-state index in [0.717, 1.165) is 16.9 Å². The molecule has 3 N–H and O–H groups in total. The molecule has 0 bridgehead atoms. The predicted octanol–water partition coefficient (Wildman–Crippen LogP) is 3.48. The zero-order chi connectivity index (χ0) is 19.4. The highest BCUT2D eigenvalue weighted by molar-refractivity contribution is 5.89. The summed E-state index contributed by atoms with van der Waals surface area (Å²) < 4.78 is 0. The number of benzene rings is 2. The van der Waals surface area contributed by atoms with E-state index in [1.165, 1.54) is 5.56 Å². The second-order valence-electron chi connectivity index (χ2n) is 8.07. The molecule has 0 aromatic heterocycles. The lowest BCUT2D eigenvalue weighted by molar-refractivity contribution is -0.126. The molecule has 2 amide bonds. The SMILES string of the molecule is CC(C)(C)c1ccc(Nc2ccc(CNC(=O)C3CNC(=O)C3)cc2)cc1. The summed E-state index contributed by atoms with van der Waals surface area (Å²) in [4.78, 5) is 23.2. The second kappa shape index (κ2) is 7.82. The maximum absolute atomic E-state index is 12.1. The van der Waals surface area contributed by atoms with Crippen molar-refractivity contribution in [3.63, 3.8) is 0 Å². The monoisotopic (exact) mass is 365 g/mol. The van der Waals surface area contributed by atoms with Gasteiger partial charge in [0, 0.05) is 30.9 Å². The molecule has 142 valence electrons. The van der Waals surface area contributed by atoms with Gasteiger partial charge in [0.1, 0.15) is 0 Å². The minimum atomic E-state index is -0.255. The summed E-state index contributed by atoms with van der Waals surface area (Å²) >= 11 is 0. The Hall–Kier alpha value is -2.82. The summed E-state index contributed by atoms with van der Waals surface area (Å²) in [5.74, 6) is -0.384. The first-order valence-corrected chi connectivity index (χ1v) is 9.32. The molecule has 3 rings (SSSR count). The van der Waals surface area contributed by atoms with Crippen molar-refractivity contribution in [2.45, 2.75) is 39.2 Å². The van der Waals surface area contributed by atoms with E-state index in [0.29, 0.717) is 13.1 Å². The Morgan fingerprint density at radius 3 is 2.15 bits per heavy atom. The van der Waals surface area contributed by atoms with Crippen molar-refractivity contribution in [2.24, 2.45) is 5.92 Å². The lowest BCUT2D eigenvalue weighted by Gasteiger charge is -2.19. The molecule has 5 heteroatoms. The molecular weight excluding hydrogens is 338 g/mol. The first kappa shape index (κ1) is 19.0. The fourth-order valence-electron chi connectivity index (χ4n) is 3.05. The summed E-state index contributed by atoms with van der Waals surface area (Å²) in [5, 5.41) is 8.97. The van der Waals surface area contributed by atoms with Crippen molar-refractivity contribution in [1.29, 1.82) is 0 Å². The molecule has 2 aromatic carbocycles. The molecule has 2 aromatic rings. The smallest absolute Gasteiger partial charge is 0.225 e. The summed E-state index contributed by atoms with van der Waals surface area (Å²) in [7, 11) is 0. The quantitative estimate of drug-likeness (QED) is 0.760. The predicted molar refractivity (Wildman–Crippen MR) is 108 cm³/mol. The third kappa shape index (κ3) is 5.09. The molecule has 1 aliphatic rings. The Morgan fingerprint density at radius 1 is 1.04 bits per heavy atom. The summed E-state index contributed by atoms with van der Waals surface area (Å²) in [6.07, 6.45) is 0.280. The number of rotatable bonds is 5. The molecule has 1 atom stereocenters. The molecule has 1 saturated heterocycles. The summed E-state index contributed by atoms with van der Waals surface area (Å²) in [6.45, 7) is 7.50. The van der Waals surface area contributed by atoms with Crippen LogP contribution in [0.4, 0.5) is 11.4 Å². The van der Waals surface area contributed by atoms with Crippen LogP contribution in [0.5, 0.6) is 0 Å². The number of carbonyl (C=O) groups is 2. The van der Waals surface area contributed by atoms with E-state index in [-0.39, 0.29) is 29.6 Å². The number of nitrogens with one attached hydrogen (secondary N) is 3. The van der Waals surface area contributed by atoms with Crippen LogP contribution in [0.1, 0.15) is 38.3 Å². The fraction of sp³-hybridized carbons (Fsp3) is 0.364. The highest BCUT2D eigenvalue weighted by atomic mass is 16.2. The second-order valence-corrected chi connectivity index (χ2v) is 8.07. The van der Waals surface area contributed by atoms with Gasteiger partial charge in [-0.3, -0.25) is 9.59 Å². The number of carbonyl (C=O) groups excluding carboxylic acids is 2. The first-order chi connectivity index (χ1) is 12.8. The van der Waals surface area contributed by atoms with Gasteiger partial charge in [-0.15, -0.1) is 0 Å². The zero-order valence-corrected chi connectivity index (χ0v) is 16.1. The van der Waals surface area contributed by atoms with Gasteiger partial charge in [-0.05, 0) is 40.8 Å². The molecule has 1 aliphatic heterocycles. The van der Waals surface area contributed by atoms with Gasteiger partial charge in [-0.2, -0.15) is 0 Å². The van der Waals surface area contributed by atoms with Crippen LogP contribution in [0.25, 0.3) is 0 Å². The maximum Gasteiger partial charge on any atom is 0.225 e. The Labute approximate surface area is 160 Å². The Bertz CT molecular complexity index is 805. The van der Waals surface area contributed by atoms with Gasteiger partial charge in [0.2, 0.25) is 11.8 Å². The van der Waals surface area contributed by atoms with Gasteiger partial charge in [-0.1, -0.05) is 45.0 Å². The number of amides is 2. The highest BCUT2D eigenvalue weighted by Crippen LogP contribution is 2.25. The molecule has 5 nitrogen and oxygen atoms in total. The van der Waals surface area contributed by atoms with E-state index >= 15 is 0 Å². The van der Waals surface area contributed by atoms with E-state index < -0.39 is 0 Å². The normalized spacial score (nSPS) is 16.7. The lowest BCUT2D eigenvalue weighted by atomic mass is 9.87. The average molecular weight is 365 g/mol. The van der Waals surface area contributed by atoms with E-state index in [1.54, 1.807) is 0 Å². The van der Waals surface area contributed by atoms with Crippen molar-refractivity contribution >= 4 is 23.2 Å². The molecule has 0 spiro atoms. The van der Waals surface area contributed by atoms with E-state index in [9.17, 15) is 9.59 Å². The van der Waals surface area contributed by atoms with Crippen LogP contribution < -0.4 is 16.0 Å². The van der Waals surface area contributed by atoms with E-state index in [1.807, 2.05) is 24.3 Å². The maximum atomic E-state index is 12.1. The van der Waals surface area contributed by atoms with Crippen molar-refractivity contribution in [1.82, 2.24) is 10.6 Å². The molecule has 0 saturated carbocycles. The van der Waals surface area contributed by atoms with Gasteiger partial charge >= 0.3 is 0 Å². The topological polar surface area (TPSA) is 70.2 Å². The van der Waals surface area contributed by atoms with Gasteiger partial charge in [0.25, 0.3) is 0 Å². The van der Waals surface area contributed by atoms with Gasteiger partial charge < -0.3 is 16.0 Å². The number of hydrogen-bond acceptors (Lipinski definition) is 3. The molecule has 1 fully saturated rings. The summed E-state index contributed by atoms with van der Waals surface area (Å²) in [5.41, 5.74) is 4.51. The molecular formula is C22H27N3O2. The average Bonchev–Trinajstić information content (AvgIpc) is 3.07. The largest absolute Gasteiger partial charge is 0.356 e. The molecule has 0 aliphatic carbocycles. The van der Waals surface area contributed by atoms with Crippen LogP contribution >= 0.6 is 0 Å². The Balaban J connectivity index is 1.52. The van der Waals surface area contributed by atoms with Gasteiger partial charge in [0.05, 0.1) is 5.92 Å². The van der Waals surface area contributed by atoms with Gasteiger partial charge in [-0.25, -0.2) is 0 Å². The Kier molecular flexibility index (Phi) is 5.49.